The number of Topliss-reactive ketones (excluding diaryl/α,β-unsaturated/α-hetero) is 1. The van der Waals surface area contributed by atoms with Crippen molar-refractivity contribution in [3.05, 3.63) is 58.6 Å². The molecule has 4 rings (SSSR count). The minimum Gasteiger partial charge on any atom is -0.376 e. The zero-order valence-corrected chi connectivity index (χ0v) is 18.7. The number of ketones is 1. The number of hydrogen-bond donors (Lipinski definition) is 1. The maximum Gasteiger partial charge on any atom is 0.173 e. The molecular formula is C26H30N2OS. The van der Waals surface area contributed by atoms with E-state index in [0.29, 0.717) is 29.5 Å². The first-order valence-corrected chi connectivity index (χ1v) is 12.1. The number of benzene rings is 2. The van der Waals surface area contributed by atoms with Gasteiger partial charge in [-0.15, -0.1) is 0 Å². The third-order valence-electron chi connectivity index (χ3n) is 6.53. The molecule has 1 aliphatic heterocycles. The number of carbonyl (C=O) groups is 1. The quantitative estimate of drug-likeness (QED) is 0.558. The van der Waals surface area contributed by atoms with Crippen LogP contribution in [0.15, 0.2) is 53.1 Å². The molecular weight excluding hydrogens is 388 g/mol. The van der Waals surface area contributed by atoms with E-state index in [0.717, 1.165) is 33.4 Å². The Bertz CT molecular complexity index is 1000. The second-order valence-electron chi connectivity index (χ2n) is 9.06. The summed E-state index contributed by atoms with van der Waals surface area (Å²) in [5.41, 5.74) is 1.62. The predicted octanol–water partition coefficient (Wildman–Crippen LogP) is 6.32. The van der Waals surface area contributed by atoms with E-state index in [1.807, 2.05) is 36.4 Å². The van der Waals surface area contributed by atoms with Gasteiger partial charge in [0.1, 0.15) is 0 Å². The van der Waals surface area contributed by atoms with Gasteiger partial charge >= 0.3 is 0 Å². The molecule has 2 aromatic carbocycles. The Labute approximate surface area is 183 Å². The maximum absolute atomic E-state index is 12.9. The number of fused-ring (bicyclic) bond motifs is 2. The maximum atomic E-state index is 12.9. The second kappa shape index (κ2) is 9.27. The van der Waals surface area contributed by atoms with Crippen LogP contribution in [0, 0.1) is 29.1 Å². The molecule has 1 saturated carbocycles. The van der Waals surface area contributed by atoms with Gasteiger partial charge in [0.05, 0.1) is 22.4 Å². The summed E-state index contributed by atoms with van der Waals surface area (Å²) in [6.07, 6.45) is 5.93. The van der Waals surface area contributed by atoms with Crippen molar-refractivity contribution in [1.82, 2.24) is 5.32 Å². The Morgan fingerprint density at radius 3 is 2.70 bits per heavy atom. The summed E-state index contributed by atoms with van der Waals surface area (Å²) in [4.78, 5) is 12.9. The molecule has 1 aliphatic carbocycles. The first kappa shape index (κ1) is 21.0. The van der Waals surface area contributed by atoms with Gasteiger partial charge in [0, 0.05) is 17.5 Å². The fourth-order valence-corrected chi connectivity index (χ4v) is 6.12. The molecule has 1 heterocycles. The molecule has 156 valence electrons. The summed E-state index contributed by atoms with van der Waals surface area (Å²) in [6, 6.07) is 17.0. The lowest BCUT2D eigenvalue weighted by Gasteiger charge is -2.43. The van der Waals surface area contributed by atoms with Crippen LogP contribution in [-0.2, 0) is 0 Å². The summed E-state index contributed by atoms with van der Waals surface area (Å²) in [6.45, 7) is 4.48. The van der Waals surface area contributed by atoms with Crippen LogP contribution in [0.25, 0.3) is 10.8 Å². The van der Waals surface area contributed by atoms with Crippen molar-refractivity contribution in [3.63, 3.8) is 0 Å². The van der Waals surface area contributed by atoms with E-state index in [4.69, 9.17) is 0 Å². The van der Waals surface area contributed by atoms with Gasteiger partial charge in [-0.05, 0) is 47.9 Å². The first-order chi connectivity index (χ1) is 14.6. The van der Waals surface area contributed by atoms with Crippen molar-refractivity contribution in [2.24, 2.45) is 17.8 Å². The molecule has 0 amide bonds. The van der Waals surface area contributed by atoms with Crippen LogP contribution in [0.5, 0.6) is 0 Å². The van der Waals surface area contributed by atoms with Crippen LogP contribution in [0.1, 0.15) is 56.3 Å². The molecule has 0 radical (unpaired) electrons. The molecule has 3 atom stereocenters. The highest BCUT2D eigenvalue weighted by molar-refractivity contribution is 8.03. The lowest BCUT2D eigenvalue weighted by Crippen LogP contribution is -2.46. The van der Waals surface area contributed by atoms with Crippen LogP contribution >= 0.6 is 11.8 Å². The predicted molar refractivity (Wildman–Crippen MR) is 125 cm³/mol. The van der Waals surface area contributed by atoms with Crippen LogP contribution in [0.3, 0.4) is 0 Å². The molecule has 2 aliphatic rings. The van der Waals surface area contributed by atoms with Gasteiger partial charge in [0.15, 0.2) is 5.78 Å². The average molecular weight is 419 g/mol. The van der Waals surface area contributed by atoms with Crippen molar-refractivity contribution in [1.29, 1.82) is 5.26 Å². The molecule has 0 aromatic heterocycles. The fraction of sp³-hybridized carbons (Fsp3) is 0.462. The van der Waals surface area contributed by atoms with E-state index in [1.165, 1.54) is 37.4 Å². The van der Waals surface area contributed by atoms with E-state index in [9.17, 15) is 10.1 Å². The van der Waals surface area contributed by atoms with Gasteiger partial charge in [0.25, 0.3) is 0 Å². The van der Waals surface area contributed by atoms with E-state index in [-0.39, 0.29) is 5.78 Å². The summed E-state index contributed by atoms with van der Waals surface area (Å²) in [5.74, 6) is 1.90. The molecule has 30 heavy (non-hydrogen) atoms. The average Bonchev–Trinajstić information content (AvgIpc) is 2.76. The number of carbonyl (C=O) groups excluding carboxylic acids is 1. The van der Waals surface area contributed by atoms with Gasteiger partial charge in [-0.3, -0.25) is 4.79 Å². The summed E-state index contributed by atoms with van der Waals surface area (Å²) >= 11 is 1.52. The number of allylic oxidation sites excluding steroid dienone is 1. The number of hydrogen-bond acceptors (Lipinski definition) is 4. The molecule has 0 spiro atoms. The van der Waals surface area contributed by atoms with Crippen LogP contribution in [0.2, 0.25) is 0 Å². The van der Waals surface area contributed by atoms with E-state index in [1.54, 1.807) is 0 Å². The molecule has 1 fully saturated rings. The standard InChI is InChI=1S/C26H30N2OS/c1-17(2)13-22-21-9-5-6-10-24(21)28-26(23(22)15-27)30-16-25(29)20-12-11-18-7-3-4-8-19(18)14-20/h3-4,7-8,11-12,14,17,21-22,24,28H,5-6,9-10,13,16H2,1-2H3. The number of nitrogens with one attached hydrogen (secondary N) is 1. The summed E-state index contributed by atoms with van der Waals surface area (Å²) < 4.78 is 0. The number of rotatable bonds is 6. The monoisotopic (exact) mass is 418 g/mol. The fourth-order valence-electron chi connectivity index (χ4n) is 5.09. The topological polar surface area (TPSA) is 52.9 Å². The molecule has 0 saturated heterocycles. The molecule has 0 bridgehead atoms. The molecule has 2 aromatic rings. The normalized spacial score (nSPS) is 23.7. The molecule has 3 unspecified atom stereocenters. The van der Waals surface area contributed by atoms with E-state index >= 15 is 0 Å². The van der Waals surface area contributed by atoms with Crippen molar-refractivity contribution < 1.29 is 4.79 Å². The smallest absolute Gasteiger partial charge is 0.173 e. The number of nitriles is 1. The number of thioether (sulfide) groups is 1. The Hall–Kier alpha value is -2.25. The van der Waals surface area contributed by atoms with Gasteiger partial charge in [-0.1, -0.05) is 74.8 Å². The Morgan fingerprint density at radius 2 is 1.93 bits per heavy atom. The largest absolute Gasteiger partial charge is 0.376 e. The molecule has 1 N–H and O–H groups in total. The third kappa shape index (κ3) is 4.42. The van der Waals surface area contributed by atoms with Crippen LogP contribution in [0.4, 0.5) is 0 Å². The van der Waals surface area contributed by atoms with Gasteiger partial charge in [-0.25, -0.2) is 0 Å². The Kier molecular flexibility index (Phi) is 6.49. The van der Waals surface area contributed by atoms with Crippen molar-refractivity contribution in [3.8, 4) is 6.07 Å². The lowest BCUT2D eigenvalue weighted by molar-refractivity contribution is 0.102. The highest BCUT2D eigenvalue weighted by atomic mass is 32.2. The Morgan fingerprint density at radius 1 is 1.17 bits per heavy atom. The Balaban J connectivity index is 1.54. The van der Waals surface area contributed by atoms with Crippen molar-refractivity contribution >= 4 is 28.3 Å². The van der Waals surface area contributed by atoms with Gasteiger partial charge in [-0.2, -0.15) is 5.26 Å². The van der Waals surface area contributed by atoms with Crippen LogP contribution < -0.4 is 5.32 Å². The lowest BCUT2D eigenvalue weighted by atomic mass is 9.69. The van der Waals surface area contributed by atoms with Gasteiger partial charge in [0.2, 0.25) is 0 Å². The van der Waals surface area contributed by atoms with E-state index < -0.39 is 0 Å². The SMILES string of the molecule is CC(C)CC1C(C#N)=C(SCC(=O)c2ccc3ccccc3c2)NC2CCCCC21. The highest BCUT2D eigenvalue weighted by Gasteiger charge is 2.39. The minimum absolute atomic E-state index is 0.114. The highest BCUT2D eigenvalue weighted by Crippen LogP contribution is 2.43. The zero-order chi connectivity index (χ0) is 21.1. The minimum atomic E-state index is 0.114. The zero-order valence-electron chi connectivity index (χ0n) is 17.9. The van der Waals surface area contributed by atoms with Crippen molar-refractivity contribution in [2.75, 3.05) is 5.75 Å². The molecule has 3 nitrogen and oxygen atoms in total. The van der Waals surface area contributed by atoms with Crippen LogP contribution in [-0.4, -0.2) is 17.6 Å². The third-order valence-corrected chi connectivity index (χ3v) is 7.57. The first-order valence-electron chi connectivity index (χ1n) is 11.1. The van der Waals surface area contributed by atoms with Gasteiger partial charge < -0.3 is 5.32 Å². The van der Waals surface area contributed by atoms with Crippen molar-refractivity contribution in [2.45, 2.75) is 52.0 Å². The summed E-state index contributed by atoms with van der Waals surface area (Å²) in [5, 5.41) is 16.8. The molecule has 4 heteroatoms. The summed E-state index contributed by atoms with van der Waals surface area (Å²) in [7, 11) is 0. The second-order valence-corrected chi connectivity index (χ2v) is 10.0. The number of nitrogens with zero attached hydrogens (tertiary/aromatic N) is 1. The van der Waals surface area contributed by atoms with E-state index in [2.05, 4.69) is 31.3 Å².